The Balaban J connectivity index is 1.36. The number of rotatable bonds is 5. The predicted molar refractivity (Wildman–Crippen MR) is 95.8 cm³/mol. The Hall–Kier alpha value is -2.37. The van der Waals surface area contributed by atoms with E-state index in [1.54, 1.807) is 6.20 Å². The lowest BCUT2D eigenvalue weighted by Gasteiger charge is -2.38. The van der Waals surface area contributed by atoms with E-state index < -0.39 is 0 Å². The molecule has 6 heteroatoms. The first-order valence-corrected chi connectivity index (χ1v) is 9.42. The number of carbonyl (C=O) groups excluding carboxylic acids is 1. The maximum absolute atomic E-state index is 12.9. The first kappa shape index (κ1) is 17.1. The van der Waals surface area contributed by atoms with E-state index in [1.165, 1.54) is 0 Å². The molecule has 1 amide bonds. The van der Waals surface area contributed by atoms with Crippen LogP contribution in [0.3, 0.4) is 0 Å². The van der Waals surface area contributed by atoms with E-state index in [2.05, 4.69) is 15.0 Å². The molecule has 0 aliphatic carbocycles. The van der Waals surface area contributed by atoms with Gasteiger partial charge in [0.05, 0.1) is 5.69 Å². The second kappa shape index (κ2) is 7.09. The molecule has 2 aliphatic heterocycles. The maximum Gasteiger partial charge on any atom is 0.223 e. The molecule has 2 saturated heterocycles. The van der Waals surface area contributed by atoms with Crippen molar-refractivity contribution in [2.24, 2.45) is 0 Å². The number of pyridine rings is 1. The van der Waals surface area contributed by atoms with Gasteiger partial charge in [-0.25, -0.2) is 4.98 Å². The van der Waals surface area contributed by atoms with Crippen molar-refractivity contribution < 1.29 is 14.1 Å². The number of amides is 1. The minimum Gasteiger partial charge on any atom is -0.474 e. The van der Waals surface area contributed by atoms with Crippen LogP contribution < -0.4 is 4.74 Å². The zero-order valence-electron chi connectivity index (χ0n) is 15.4. The molecule has 138 valence electrons. The van der Waals surface area contributed by atoms with Crippen LogP contribution in [-0.4, -0.2) is 39.1 Å². The largest absolute Gasteiger partial charge is 0.474 e. The third-order valence-electron chi connectivity index (χ3n) is 5.67. The lowest BCUT2D eigenvalue weighted by atomic mass is 9.98. The van der Waals surface area contributed by atoms with E-state index in [0.29, 0.717) is 30.8 Å². The monoisotopic (exact) mass is 355 g/mol. The maximum atomic E-state index is 12.9. The summed E-state index contributed by atoms with van der Waals surface area (Å²) in [6, 6.07) is 6.30. The summed E-state index contributed by atoms with van der Waals surface area (Å²) in [5.74, 6) is 1.74. The quantitative estimate of drug-likeness (QED) is 0.824. The van der Waals surface area contributed by atoms with Crippen molar-refractivity contribution >= 4 is 5.91 Å². The van der Waals surface area contributed by atoms with Gasteiger partial charge in [0, 0.05) is 49.2 Å². The van der Waals surface area contributed by atoms with Crippen LogP contribution >= 0.6 is 0 Å². The summed E-state index contributed by atoms with van der Waals surface area (Å²) >= 11 is 0. The van der Waals surface area contributed by atoms with Crippen molar-refractivity contribution in [3.05, 3.63) is 41.4 Å². The smallest absolute Gasteiger partial charge is 0.223 e. The second-order valence-electron chi connectivity index (χ2n) is 7.37. The van der Waals surface area contributed by atoms with Gasteiger partial charge in [0.2, 0.25) is 11.8 Å². The summed E-state index contributed by atoms with van der Waals surface area (Å²) in [4.78, 5) is 19.2. The van der Waals surface area contributed by atoms with Crippen molar-refractivity contribution in [3.8, 4) is 5.88 Å². The van der Waals surface area contributed by atoms with Gasteiger partial charge in [0.25, 0.3) is 0 Å². The molecular weight excluding hydrogens is 330 g/mol. The first-order chi connectivity index (χ1) is 12.6. The lowest BCUT2D eigenvalue weighted by Crippen LogP contribution is -2.49. The Kier molecular flexibility index (Phi) is 4.66. The molecule has 0 radical (unpaired) electrons. The van der Waals surface area contributed by atoms with E-state index in [-0.39, 0.29) is 12.0 Å². The van der Waals surface area contributed by atoms with Crippen LogP contribution in [0.2, 0.25) is 0 Å². The Labute approximate surface area is 153 Å². The van der Waals surface area contributed by atoms with Crippen LogP contribution in [0, 0.1) is 13.8 Å². The first-order valence-electron chi connectivity index (χ1n) is 9.42. The molecule has 0 spiro atoms. The highest BCUT2D eigenvalue weighted by Crippen LogP contribution is 2.37. The Bertz CT molecular complexity index is 740. The lowest BCUT2D eigenvalue weighted by molar-refractivity contribution is -0.137. The average molecular weight is 355 g/mol. The normalized spacial score (nSPS) is 24.7. The molecule has 0 N–H and O–H groups in total. The van der Waals surface area contributed by atoms with Crippen molar-refractivity contribution in [2.45, 2.75) is 70.6 Å². The Morgan fingerprint density at radius 1 is 1.27 bits per heavy atom. The summed E-state index contributed by atoms with van der Waals surface area (Å²) in [5.41, 5.74) is 1.96. The number of fused-ring (bicyclic) bond motifs is 2. The van der Waals surface area contributed by atoms with Crippen molar-refractivity contribution in [2.75, 3.05) is 0 Å². The van der Waals surface area contributed by atoms with Gasteiger partial charge < -0.3 is 14.2 Å². The van der Waals surface area contributed by atoms with E-state index in [0.717, 1.165) is 42.7 Å². The molecular formula is C20H25N3O3. The molecule has 2 aromatic rings. The molecule has 26 heavy (non-hydrogen) atoms. The summed E-state index contributed by atoms with van der Waals surface area (Å²) in [5, 5.41) is 3.98. The number of ether oxygens (including phenoxy) is 1. The van der Waals surface area contributed by atoms with Gasteiger partial charge in [-0.05, 0) is 39.2 Å². The Morgan fingerprint density at radius 3 is 2.65 bits per heavy atom. The summed E-state index contributed by atoms with van der Waals surface area (Å²) in [7, 11) is 0. The summed E-state index contributed by atoms with van der Waals surface area (Å²) in [6.45, 7) is 3.84. The zero-order chi connectivity index (χ0) is 18.1. The highest BCUT2D eigenvalue weighted by atomic mass is 16.5. The predicted octanol–water partition coefficient (Wildman–Crippen LogP) is 3.22. The topological polar surface area (TPSA) is 68.5 Å². The number of hydrogen-bond acceptors (Lipinski definition) is 5. The second-order valence-corrected chi connectivity index (χ2v) is 7.37. The molecule has 0 aromatic carbocycles. The third kappa shape index (κ3) is 3.32. The van der Waals surface area contributed by atoms with Gasteiger partial charge in [0.1, 0.15) is 11.9 Å². The number of piperidine rings is 1. The van der Waals surface area contributed by atoms with E-state index in [4.69, 9.17) is 9.26 Å². The summed E-state index contributed by atoms with van der Waals surface area (Å²) in [6.07, 6.45) is 7.04. The van der Waals surface area contributed by atoms with Crippen LogP contribution in [0.1, 0.15) is 49.1 Å². The third-order valence-corrected chi connectivity index (χ3v) is 5.67. The van der Waals surface area contributed by atoms with E-state index in [1.807, 2.05) is 32.0 Å². The van der Waals surface area contributed by atoms with E-state index >= 15 is 0 Å². The van der Waals surface area contributed by atoms with Crippen LogP contribution in [0.15, 0.2) is 28.9 Å². The van der Waals surface area contributed by atoms with Gasteiger partial charge in [-0.15, -0.1) is 0 Å². The Morgan fingerprint density at radius 2 is 2.04 bits per heavy atom. The van der Waals surface area contributed by atoms with Gasteiger partial charge in [0.15, 0.2) is 0 Å². The minimum atomic E-state index is 0.147. The van der Waals surface area contributed by atoms with E-state index in [9.17, 15) is 4.79 Å². The number of carbonyl (C=O) groups is 1. The van der Waals surface area contributed by atoms with Crippen LogP contribution in [0.4, 0.5) is 0 Å². The van der Waals surface area contributed by atoms with Crippen LogP contribution in [-0.2, 0) is 11.2 Å². The molecule has 4 rings (SSSR count). The van der Waals surface area contributed by atoms with Crippen LogP contribution in [0.25, 0.3) is 0 Å². The molecule has 2 bridgehead atoms. The number of nitrogens with zero attached hydrogens (tertiary/aromatic N) is 3. The van der Waals surface area contributed by atoms with Crippen molar-refractivity contribution in [1.82, 2.24) is 15.0 Å². The van der Waals surface area contributed by atoms with Gasteiger partial charge in [-0.3, -0.25) is 4.79 Å². The minimum absolute atomic E-state index is 0.147. The van der Waals surface area contributed by atoms with Gasteiger partial charge in [-0.1, -0.05) is 11.2 Å². The average Bonchev–Trinajstić information content (AvgIpc) is 3.10. The molecule has 2 fully saturated rings. The molecule has 2 aliphatic rings. The van der Waals surface area contributed by atoms with Crippen molar-refractivity contribution in [3.63, 3.8) is 0 Å². The number of hydrogen-bond donors (Lipinski definition) is 0. The molecule has 2 unspecified atom stereocenters. The fourth-order valence-electron chi connectivity index (χ4n) is 4.44. The van der Waals surface area contributed by atoms with Gasteiger partial charge in [-0.2, -0.15) is 0 Å². The number of aryl methyl sites for hydroxylation is 2. The highest BCUT2D eigenvalue weighted by molar-refractivity contribution is 5.77. The molecule has 4 heterocycles. The number of aromatic nitrogens is 2. The van der Waals surface area contributed by atoms with Gasteiger partial charge >= 0.3 is 0 Å². The molecule has 0 saturated carbocycles. The molecule has 2 aromatic heterocycles. The molecule has 2 atom stereocenters. The zero-order valence-corrected chi connectivity index (χ0v) is 15.4. The molecule has 6 nitrogen and oxygen atoms in total. The van der Waals surface area contributed by atoms with Crippen molar-refractivity contribution in [1.29, 1.82) is 0 Å². The SMILES string of the molecule is Cc1noc(C)c1CCC(=O)N1C2CCC1CC(Oc1ccccn1)C2. The fourth-order valence-corrected chi connectivity index (χ4v) is 4.44. The summed E-state index contributed by atoms with van der Waals surface area (Å²) < 4.78 is 11.2. The van der Waals surface area contributed by atoms with Crippen LogP contribution in [0.5, 0.6) is 5.88 Å². The standard InChI is InChI=1S/C20H25N3O3/c1-13-18(14(2)26-22-13)8-9-20(24)23-15-6-7-16(23)12-17(11-15)25-19-5-3-4-10-21-19/h3-5,10,15-17H,6-9,11-12H2,1-2H3. The fraction of sp³-hybridized carbons (Fsp3) is 0.550. The highest BCUT2D eigenvalue weighted by Gasteiger charge is 2.43.